The second-order valence-electron chi connectivity index (χ2n) is 4.29. The van der Waals surface area contributed by atoms with E-state index in [0.717, 1.165) is 10.1 Å². The number of nitrogen functional groups attached to an aromatic ring is 1. The maximum atomic E-state index is 11.5. The predicted molar refractivity (Wildman–Crippen MR) is 94.7 cm³/mol. The van der Waals surface area contributed by atoms with E-state index in [0.29, 0.717) is 17.1 Å². The molecule has 0 aliphatic heterocycles. The highest BCUT2D eigenvalue weighted by Gasteiger charge is 2.12. The van der Waals surface area contributed by atoms with E-state index in [1.165, 1.54) is 0 Å². The van der Waals surface area contributed by atoms with Crippen molar-refractivity contribution in [3.05, 3.63) is 54.6 Å². The zero-order valence-electron chi connectivity index (χ0n) is 12.3. The van der Waals surface area contributed by atoms with Crippen molar-refractivity contribution < 1.29 is 14.4 Å². The molecule has 0 aromatic heterocycles. The second-order valence-corrected chi connectivity index (χ2v) is 6.78. The summed E-state index contributed by atoms with van der Waals surface area (Å²) >= 11 is 0. The van der Waals surface area contributed by atoms with E-state index in [2.05, 4.69) is 0 Å². The normalized spacial score (nSPS) is 10.1. The molecule has 4 N–H and O–H groups in total. The van der Waals surface area contributed by atoms with Gasteiger partial charge in [-0.2, -0.15) is 0 Å². The number of carbonyl (C=O) groups excluding carboxylic acids is 1. The first-order valence-electron chi connectivity index (χ1n) is 6.75. The number of hydrogen-bond donors (Lipinski definition) is 2. The van der Waals surface area contributed by atoms with Gasteiger partial charge in [0.1, 0.15) is 12.3 Å². The highest BCUT2D eigenvalue weighted by atomic mass is 33.1. The first-order chi connectivity index (χ1) is 11.2. The van der Waals surface area contributed by atoms with Gasteiger partial charge in [-0.15, -0.1) is 5.17 Å². The van der Waals surface area contributed by atoms with E-state index < -0.39 is 6.16 Å². The van der Waals surface area contributed by atoms with Crippen LogP contribution in [0.1, 0.15) is 0 Å². The lowest BCUT2D eigenvalue weighted by Crippen LogP contribution is -2.34. The SMILES string of the molecule is Nc1ccccc1N(N)OC(=O)OCCSSc1ccccc1. The summed E-state index contributed by atoms with van der Waals surface area (Å²) in [6.07, 6.45) is -0.874. The Hall–Kier alpha value is -2.03. The molecule has 0 fully saturated rings. The Labute approximate surface area is 142 Å². The number of rotatable bonds is 7. The monoisotopic (exact) mass is 351 g/mol. The number of benzene rings is 2. The summed E-state index contributed by atoms with van der Waals surface area (Å²) in [5.41, 5.74) is 6.52. The van der Waals surface area contributed by atoms with Gasteiger partial charge in [-0.3, -0.25) is 4.84 Å². The van der Waals surface area contributed by atoms with Gasteiger partial charge in [-0.05, 0) is 24.3 Å². The molecule has 0 saturated heterocycles. The van der Waals surface area contributed by atoms with Crippen molar-refractivity contribution in [2.75, 3.05) is 23.3 Å². The standard InChI is InChI=1S/C15H17N3O3S2/c16-13-8-4-5-9-14(13)18(17)21-15(19)20-10-11-22-23-12-6-2-1-3-7-12/h1-9H,10-11,16-17H2. The molecule has 0 unspecified atom stereocenters. The molecule has 23 heavy (non-hydrogen) atoms. The van der Waals surface area contributed by atoms with Crippen LogP contribution in [0.2, 0.25) is 0 Å². The van der Waals surface area contributed by atoms with Gasteiger partial charge in [0, 0.05) is 10.6 Å². The summed E-state index contributed by atoms with van der Waals surface area (Å²) in [5, 5.41) is 0.795. The highest BCUT2D eigenvalue weighted by molar-refractivity contribution is 8.76. The summed E-state index contributed by atoms with van der Waals surface area (Å²) in [5.74, 6) is 6.26. The van der Waals surface area contributed by atoms with Crippen LogP contribution in [0.5, 0.6) is 0 Å². The van der Waals surface area contributed by atoms with Crippen LogP contribution >= 0.6 is 21.6 Å². The minimum absolute atomic E-state index is 0.224. The van der Waals surface area contributed by atoms with Crippen LogP contribution in [0, 0.1) is 0 Å². The topological polar surface area (TPSA) is 90.8 Å². The van der Waals surface area contributed by atoms with Crippen molar-refractivity contribution >= 4 is 39.1 Å². The largest absolute Gasteiger partial charge is 0.534 e. The summed E-state index contributed by atoms with van der Waals surface area (Å²) in [6.45, 7) is 0.224. The first kappa shape index (κ1) is 17.3. The Morgan fingerprint density at radius 1 is 1.09 bits per heavy atom. The second kappa shape index (κ2) is 9.19. The van der Waals surface area contributed by atoms with E-state index in [4.69, 9.17) is 21.2 Å². The molecule has 0 aliphatic carbocycles. The van der Waals surface area contributed by atoms with Gasteiger partial charge < -0.3 is 10.5 Å². The lowest BCUT2D eigenvalue weighted by Gasteiger charge is -2.18. The zero-order chi connectivity index (χ0) is 16.5. The first-order valence-corrected chi connectivity index (χ1v) is 9.07. The third-order valence-electron chi connectivity index (χ3n) is 2.63. The van der Waals surface area contributed by atoms with E-state index in [1.54, 1.807) is 45.9 Å². The Kier molecular flexibility index (Phi) is 6.92. The molecule has 0 radical (unpaired) electrons. The Balaban J connectivity index is 1.64. The number of nitrogens with two attached hydrogens (primary N) is 2. The average molecular weight is 351 g/mol. The van der Waals surface area contributed by atoms with Gasteiger partial charge in [-0.1, -0.05) is 51.9 Å². The molecule has 0 aliphatic rings. The van der Waals surface area contributed by atoms with Crippen LogP contribution < -0.4 is 16.7 Å². The molecule has 0 spiro atoms. The fourth-order valence-corrected chi connectivity index (χ4v) is 3.42. The van der Waals surface area contributed by atoms with Gasteiger partial charge in [0.2, 0.25) is 0 Å². The van der Waals surface area contributed by atoms with E-state index in [9.17, 15) is 4.79 Å². The summed E-state index contributed by atoms with van der Waals surface area (Å²) in [7, 11) is 3.20. The van der Waals surface area contributed by atoms with Crippen LogP contribution in [0.15, 0.2) is 59.5 Å². The molecule has 2 aromatic rings. The van der Waals surface area contributed by atoms with Gasteiger partial charge in [0.05, 0.1) is 5.69 Å². The molecule has 0 heterocycles. The fourth-order valence-electron chi connectivity index (χ4n) is 1.59. The molecule has 2 rings (SSSR count). The van der Waals surface area contributed by atoms with Crippen molar-refractivity contribution in [2.45, 2.75) is 4.90 Å². The molecule has 122 valence electrons. The fraction of sp³-hybridized carbons (Fsp3) is 0.133. The Morgan fingerprint density at radius 3 is 2.52 bits per heavy atom. The van der Waals surface area contributed by atoms with Crippen LogP contribution in [-0.4, -0.2) is 18.5 Å². The van der Waals surface area contributed by atoms with Crippen molar-refractivity contribution in [2.24, 2.45) is 5.84 Å². The van der Waals surface area contributed by atoms with E-state index in [-0.39, 0.29) is 6.61 Å². The number of carbonyl (C=O) groups is 1. The van der Waals surface area contributed by atoms with Gasteiger partial charge >= 0.3 is 6.16 Å². The minimum Gasteiger partial charge on any atom is -0.432 e. The number of ether oxygens (including phenoxy) is 1. The van der Waals surface area contributed by atoms with Crippen LogP contribution in [0.25, 0.3) is 0 Å². The van der Waals surface area contributed by atoms with Crippen LogP contribution in [0.3, 0.4) is 0 Å². The van der Waals surface area contributed by atoms with Gasteiger partial charge in [0.25, 0.3) is 0 Å². The summed E-state index contributed by atoms with van der Waals surface area (Å²) in [6, 6.07) is 16.7. The molecule has 0 bridgehead atoms. The predicted octanol–water partition coefficient (Wildman–Crippen LogP) is 3.46. The van der Waals surface area contributed by atoms with Gasteiger partial charge in [0.15, 0.2) is 0 Å². The van der Waals surface area contributed by atoms with Crippen molar-refractivity contribution in [1.82, 2.24) is 0 Å². The molecule has 2 aromatic carbocycles. The molecule has 0 atom stereocenters. The molecular weight excluding hydrogens is 334 g/mol. The average Bonchev–Trinajstić information content (AvgIpc) is 2.56. The number of para-hydroxylation sites is 2. The van der Waals surface area contributed by atoms with Crippen molar-refractivity contribution in [3.8, 4) is 0 Å². The number of nitrogens with zero attached hydrogens (tertiary/aromatic N) is 1. The van der Waals surface area contributed by atoms with E-state index >= 15 is 0 Å². The molecule has 0 amide bonds. The lowest BCUT2D eigenvalue weighted by atomic mass is 10.3. The van der Waals surface area contributed by atoms with Crippen LogP contribution in [-0.2, 0) is 9.57 Å². The van der Waals surface area contributed by atoms with Crippen molar-refractivity contribution in [3.63, 3.8) is 0 Å². The maximum absolute atomic E-state index is 11.5. The summed E-state index contributed by atoms with van der Waals surface area (Å²) in [4.78, 5) is 17.5. The lowest BCUT2D eigenvalue weighted by molar-refractivity contribution is 0.0505. The number of hydrogen-bond acceptors (Lipinski definition) is 8. The summed E-state index contributed by atoms with van der Waals surface area (Å²) < 4.78 is 4.95. The Bertz CT molecular complexity index is 628. The number of anilines is 2. The smallest absolute Gasteiger partial charge is 0.432 e. The number of hydrazine groups is 1. The Morgan fingerprint density at radius 2 is 1.78 bits per heavy atom. The molecule has 6 nitrogen and oxygen atoms in total. The van der Waals surface area contributed by atoms with Crippen molar-refractivity contribution in [1.29, 1.82) is 0 Å². The third kappa shape index (κ3) is 5.93. The minimum atomic E-state index is -0.874. The highest BCUT2D eigenvalue weighted by Crippen LogP contribution is 2.30. The van der Waals surface area contributed by atoms with Crippen LogP contribution in [0.4, 0.5) is 16.2 Å². The molecule has 0 saturated carbocycles. The molecular formula is C15H17N3O3S2. The van der Waals surface area contributed by atoms with Gasteiger partial charge in [-0.25, -0.2) is 10.6 Å². The molecule has 8 heteroatoms. The third-order valence-corrected chi connectivity index (χ3v) is 4.98. The quantitative estimate of drug-likeness (QED) is 0.196. The van der Waals surface area contributed by atoms with E-state index in [1.807, 2.05) is 30.3 Å². The maximum Gasteiger partial charge on any atom is 0.534 e. The zero-order valence-corrected chi connectivity index (χ0v) is 13.9.